The Morgan fingerprint density at radius 1 is 1.46 bits per heavy atom. The summed E-state index contributed by atoms with van der Waals surface area (Å²) in [5.74, 6) is 0. The first-order chi connectivity index (χ1) is 6.15. The van der Waals surface area contributed by atoms with Gasteiger partial charge in [0.2, 0.25) is 0 Å². The van der Waals surface area contributed by atoms with Gasteiger partial charge in [-0.3, -0.25) is 0 Å². The van der Waals surface area contributed by atoms with Crippen molar-refractivity contribution in [3.05, 3.63) is 0 Å². The van der Waals surface area contributed by atoms with E-state index in [-0.39, 0.29) is 0 Å². The van der Waals surface area contributed by atoms with Gasteiger partial charge in [0.15, 0.2) is 0 Å². The van der Waals surface area contributed by atoms with Crippen molar-refractivity contribution in [3.8, 4) is 0 Å². The molecule has 78 valence electrons. The average Bonchev–Trinajstić information content (AvgIpc) is 2.46. The Bertz CT molecular complexity index is 152. The standard InChI is InChI=1S/C10H21NOS/c1-8-5-6-10(13-8)9(7-12-4)11(2)3/h8-10H,5-7H2,1-4H3. The molecule has 3 unspecified atom stereocenters. The van der Waals surface area contributed by atoms with Gasteiger partial charge in [-0.25, -0.2) is 0 Å². The van der Waals surface area contributed by atoms with Crippen LogP contribution in [-0.2, 0) is 4.74 Å². The van der Waals surface area contributed by atoms with Crippen molar-refractivity contribution in [2.24, 2.45) is 0 Å². The largest absolute Gasteiger partial charge is 0.383 e. The molecule has 0 spiro atoms. The molecular formula is C10H21NOS. The molecule has 3 atom stereocenters. The zero-order chi connectivity index (χ0) is 9.84. The van der Waals surface area contributed by atoms with E-state index in [0.717, 1.165) is 17.1 Å². The monoisotopic (exact) mass is 203 g/mol. The molecule has 0 amide bonds. The smallest absolute Gasteiger partial charge is 0.0628 e. The Morgan fingerprint density at radius 3 is 2.54 bits per heavy atom. The highest BCUT2D eigenvalue weighted by molar-refractivity contribution is 8.00. The molecule has 0 radical (unpaired) electrons. The molecule has 0 aromatic carbocycles. The van der Waals surface area contributed by atoms with E-state index in [9.17, 15) is 0 Å². The van der Waals surface area contributed by atoms with Crippen molar-refractivity contribution >= 4 is 11.8 Å². The molecule has 1 fully saturated rings. The SMILES string of the molecule is COCC(C1CCC(C)S1)N(C)C. The van der Waals surface area contributed by atoms with Gasteiger partial charge in [-0.2, -0.15) is 11.8 Å². The van der Waals surface area contributed by atoms with E-state index < -0.39 is 0 Å². The molecule has 13 heavy (non-hydrogen) atoms. The summed E-state index contributed by atoms with van der Waals surface area (Å²) in [5.41, 5.74) is 0. The van der Waals surface area contributed by atoms with E-state index in [2.05, 4.69) is 37.7 Å². The summed E-state index contributed by atoms with van der Waals surface area (Å²) in [5, 5.41) is 1.61. The van der Waals surface area contributed by atoms with Crippen molar-refractivity contribution in [1.29, 1.82) is 0 Å². The number of hydrogen-bond donors (Lipinski definition) is 0. The number of hydrogen-bond acceptors (Lipinski definition) is 3. The van der Waals surface area contributed by atoms with Gasteiger partial charge in [0.1, 0.15) is 0 Å². The van der Waals surface area contributed by atoms with E-state index >= 15 is 0 Å². The quantitative estimate of drug-likeness (QED) is 0.692. The zero-order valence-corrected chi connectivity index (χ0v) is 9.93. The van der Waals surface area contributed by atoms with Gasteiger partial charge in [0.05, 0.1) is 6.61 Å². The minimum absolute atomic E-state index is 0.583. The van der Waals surface area contributed by atoms with Crippen LogP contribution in [0.4, 0.5) is 0 Å². The summed E-state index contributed by atoms with van der Waals surface area (Å²) in [6.07, 6.45) is 2.71. The van der Waals surface area contributed by atoms with E-state index in [0.29, 0.717) is 6.04 Å². The molecule has 1 aliphatic heterocycles. The van der Waals surface area contributed by atoms with Crippen LogP contribution in [0.15, 0.2) is 0 Å². The molecule has 0 aromatic heterocycles. The minimum Gasteiger partial charge on any atom is -0.383 e. The van der Waals surface area contributed by atoms with Crippen LogP contribution in [0.2, 0.25) is 0 Å². The lowest BCUT2D eigenvalue weighted by Gasteiger charge is -2.28. The van der Waals surface area contributed by atoms with Gasteiger partial charge >= 0.3 is 0 Å². The third kappa shape index (κ3) is 3.15. The van der Waals surface area contributed by atoms with E-state index in [4.69, 9.17) is 4.74 Å². The Kier molecular flexibility index (Phi) is 4.56. The second-order valence-corrected chi connectivity index (χ2v) is 5.73. The number of ether oxygens (including phenoxy) is 1. The maximum atomic E-state index is 5.26. The molecule has 1 saturated heterocycles. The first-order valence-corrected chi connectivity index (χ1v) is 5.90. The Morgan fingerprint density at radius 2 is 2.15 bits per heavy atom. The fourth-order valence-corrected chi connectivity index (χ4v) is 3.52. The Hall–Kier alpha value is 0.270. The highest BCUT2D eigenvalue weighted by atomic mass is 32.2. The fraction of sp³-hybridized carbons (Fsp3) is 1.00. The molecule has 0 aliphatic carbocycles. The van der Waals surface area contributed by atoms with E-state index in [1.807, 2.05) is 0 Å². The van der Waals surface area contributed by atoms with Crippen molar-refractivity contribution in [1.82, 2.24) is 4.90 Å². The Labute approximate surface area is 86.0 Å². The van der Waals surface area contributed by atoms with Crippen LogP contribution in [0.3, 0.4) is 0 Å². The zero-order valence-electron chi connectivity index (χ0n) is 9.12. The van der Waals surface area contributed by atoms with Crippen LogP contribution in [-0.4, -0.2) is 49.3 Å². The third-order valence-electron chi connectivity index (χ3n) is 2.69. The van der Waals surface area contributed by atoms with Crippen LogP contribution in [0, 0.1) is 0 Å². The van der Waals surface area contributed by atoms with Crippen LogP contribution < -0.4 is 0 Å². The topological polar surface area (TPSA) is 12.5 Å². The highest BCUT2D eigenvalue weighted by Gasteiger charge is 2.30. The number of methoxy groups -OCH3 is 1. The van der Waals surface area contributed by atoms with Crippen LogP contribution in [0.1, 0.15) is 19.8 Å². The van der Waals surface area contributed by atoms with Crippen molar-refractivity contribution < 1.29 is 4.74 Å². The van der Waals surface area contributed by atoms with Gasteiger partial charge < -0.3 is 9.64 Å². The van der Waals surface area contributed by atoms with Crippen molar-refractivity contribution in [3.63, 3.8) is 0 Å². The third-order valence-corrected chi connectivity index (χ3v) is 4.29. The predicted molar refractivity (Wildman–Crippen MR) is 59.4 cm³/mol. The predicted octanol–water partition coefficient (Wildman–Crippen LogP) is 1.85. The fourth-order valence-electron chi connectivity index (χ4n) is 1.88. The molecule has 0 saturated carbocycles. The first kappa shape index (κ1) is 11.3. The van der Waals surface area contributed by atoms with E-state index in [1.54, 1.807) is 7.11 Å². The number of thioether (sulfide) groups is 1. The molecule has 0 aromatic rings. The molecule has 1 rings (SSSR count). The van der Waals surface area contributed by atoms with Gasteiger partial charge in [-0.1, -0.05) is 6.92 Å². The summed E-state index contributed by atoms with van der Waals surface area (Å²) >= 11 is 2.12. The number of likely N-dealkylation sites (N-methyl/N-ethyl adjacent to an activating group) is 1. The lowest BCUT2D eigenvalue weighted by Crippen LogP contribution is -2.39. The maximum absolute atomic E-state index is 5.26. The van der Waals surface area contributed by atoms with Crippen molar-refractivity contribution in [2.45, 2.75) is 36.3 Å². The lowest BCUT2D eigenvalue weighted by molar-refractivity contribution is 0.118. The average molecular weight is 203 g/mol. The maximum Gasteiger partial charge on any atom is 0.0628 e. The van der Waals surface area contributed by atoms with Crippen LogP contribution in [0.25, 0.3) is 0 Å². The second kappa shape index (κ2) is 5.23. The first-order valence-electron chi connectivity index (χ1n) is 4.96. The molecule has 3 heteroatoms. The number of nitrogens with zero attached hydrogens (tertiary/aromatic N) is 1. The normalized spacial score (nSPS) is 31.2. The van der Waals surface area contributed by atoms with E-state index in [1.165, 1.54) is 12.8 Å². The minimum atomic E-state index is 0.583. The molecular weight excluding hydrogens is 182 g/mol. The second-order valence-electron chi connectivity index (χ2n) is 4.05. The molecule has 1 heterocycles. The van der Waals surface area contributed by atoms with Gasteiger partial charge in [0, 0.05) is 23.7 Å². The molecule has 2 nitrogen and oxygen atoms in total. The molecule has 0 N–H and O–H groups in total. The summed E-state index contributed by atoms with van der Waals surface area (Å²) < 4.78 is 5.26. The van der Waals surface area contributed by atoms with Gasteiger partial charge in [-0.05, 0) is 26.9 Å². The lowest BCUT2D eigenvalue weighted by atomic mass is 10.1. The summed E-state index contributed by atoms with van der Waals surface area (Å²) in [6, 6.07) is 0.583. The summed E-state index contributed by atoms with van der Waals surface area (Å²) in [7, 11) is 6.08. The number of rotatable bonds is 4. The molecule has 0 bridgehead atoms. The summed E-state index contributed by atoms with van der Waals surface area (Å²) in [6.45, 7) is 3.18. The van der Waals surface area contributed by atoms with Gasteiger partial charge in [0.25, 0.3) is 0 Å². The van der Waals surface area contributed by atoms with Crippen molar-refractivity contribution in [2.75, 3.05) is 27.8 Å². The summed E-state index contributed by atoms with van der Waals surface area (Å²) in [4.78, 5) is 2.29. The van der Waals surface area contributed by atoms with Gasteiger partial charge in [-0.15, -0.1) is 0 Å². The Balaban J connectivity index is 2.44. The molecule has 1 aliphatic rings. The van der Waals surface area contributed by atoms with Crippen LogP contribution >= 0.6 is 11.8 Å². The van der Waals surface area contributed by atoms with Crippen LogP contribution in [0.5, 0.6) is 0 Å². The highest BCUT2D eigenvalue weighted by Crippen LogP contribution is 2.36.